The van der Waals surface area contributed by atoms with Gasteiger partial charge in [-0.3, -0.25) is 4.79 Å². The number of carbonyl (C=O) groups excluding carboxylic acids is 1. The van der Waals surface area contributed by atoms with Crippen LogP contribution in [0, 0.1) is 5.82 Å². The monoisotopic (exact) mass is 381 g/mol. The maximum Gasteiger partial charge on any atom is 0.190 e. The molecule has 1 aliphatic heterocycles. The van der Waals surface area contributed by atoms with Crippen molar-refractivity contribution >= 4 is 17.5 Å². The number of ketones is 1. The van der Waals surface area contributed by atoms with Crippen molar-refractivity contribution in [3.63, 3.8) is 0 Å². The number of carbonyl (C=O) groups is 1. The second kappa shape index (κ2) is 9.13. The fourth-order valence-corrected chi connectivity index (χ4v) is 3.48. The highest BCUT2D eigenvalue weighted by atomic mass is 19.1. The van der Waals surface area contributed by atoms with Crippen molar-refractivity contribution in [2.45, 2.75) is 6.54 Å². The maximum atomic E-state index is 14.6. The lowest BCUT2D eigenvalue weighted by Crippen LogP contribution is -2.45. The quantitative estimate of drug-likeness (QED) is 0.565. The molecular weight excluding hydrogens is 353 g/mol. The molecule has 0 bridgehead atoms. The Balaban J connectivity index is 1.82. The van der Waals surface area contributed by atoms with Gasteiger partial charge < -0.3 is 14.7 Å². The number of likely N-dealkylation sites (N-methyl/N-ethyl adjacent to an activating group) is 1. The largest absolute Gasteiger partial charge is 0.368 e. The van der Waals surface area contributed by atoms with Crippen LogP contribution in [-0.2, 0) is 6.54 Å². The van der Waals surface area contributed by atoms with Gasteiger partial charge in [0.15, 0.2) is 5.78 Å². The number of allylic oxidation sites excluding steroid dienone is 1. The van der Waals surface area contributed by atoms with Crippen molar-refractivity contribution in [1.82, 2.24) is 9.80 Å². The van der Waals surface area contributed by atoms with E-state index in [1.54, 1.807) is 12.1 Å². The van der Waals surface area contributed by atoms with Gasteiger partial charge in [-0.2, -0.15) is 0 Å². The highest BCUT2D eigenvalue weighted by molar-refractivity contribution is 6.10. The van der Waals surface area contributed by atoms with E-state index >= 15 is 0 Å². The normalized spacial score (nSPS) is 15.5. The molecule has 1 aliphatic rings. The molecule has 0 radical (unpaired) electrons. The first-order chi connectivity index (χ1) is 13.4. The molecule has 0 N–H and O–H groups in total. The van der Waals surface area contributed by atoms with Gasteiger partial charge in [-0.05, 0) is 50.5 Å². The van der Waals surface area contributed by atoms with E-state index in [1.165, 1.54) is 17.7 Å². The first-order valence-electron chi connectivity index (χ1n) is 9.62. The number of hydrogen-bond donors (Lipinski definition) is 0. The molecule has 5 heteroatoms. The van der Waals surface area contributed by atoms with Crippen LogP contribution in [0.15, 0.2) is 48.5 Å². The van der Waals surface area contributed by atoms with E-state index < -0.39 is 5.82 Å². The van der Waals surface area contributed by atoms with Gasteiger partial charge in [0.1, 0.15) is 5.82 Å². The van der Waals surface area contributed by atoms with Crippen LogP contribution in [0.25, 0.3) is 6.08 Å². The van der Waals surface area contributed by atoms with Gasteiger partial charge in [0, 0.05) is 32.7 Å². The summed E-state index contributed by atoms with van der Waals surface area (Å²) in [5.74, 6) is -0.766. The minimum Gasteiger partial charge on any atom is -0.368 e. The summed E-state index contributed by atoms with van der Waals surface area (Å²) in [6.07, 6.45) is 3.24. The Morgan fingerprint density at radius 1 is 1.11 bits per heavy atom. The summed E-state index contributed by atoms with van der Waals surface area (Å²) in [4.78, 5) is 19.3. The molecule has 148 valence electrons. The van der Waals surface area contributed by atoms with Crippen LogP contribution in [0.4, 0.5) is 10.1 Å². The average Bonchev–Trinajstić information content (AvgIpc) is 2.66. The molecule has 4 nitrogen and oxygen atoms in total. The second-order valence-electron chi connectivity index (χ2n) is 7.60. The summed E-state index contributed by atoms with van der Waals surface area (Å²) >= 11 is 0. The third-order valence-electron chi connectivity index (χ3n) is 4.96. The number of piperazine rings is 1. The summed E-state index contributed by atoms with van der Waals surface area (Å²) in [6.45, 7) is 4.21. The zero-order valence-corrected chi connectivity index (χ0v) is 16.9. The molecule has 1 heterocycles. The summed E-state index contributed by atoms with van der Waals surface area (Å²) in [5.41, 5.74) is 2.95. The van der Waals surface area contributed by atoms with Gasteiger partial charge in [0.2, 0.25) is 0 Å². The van der Waals surface area contributed by atoms with Crippen LogP contribution in [0.5, 0.6) is 0 Å². The van der Waals surface area contributed by atoms with Crippen molar-refractivity contribution < 1.29 is 9.18 Å². The number of anilines is 1. The number of rotatable bonds is 6. The topological polar surface area (TPSA) is 26.8 Å². The summed E-state index contributed by atoms with van der Waals surface area (Å²) in [5, 5.41) is 0. The van der Waals surface area contributed by atoms with E-state index in [1.807, 2.05) is 38.4 Å². The molecule has 0 aromatic heterocycles. The van der Waals surface area contributed by atoms with Crippen molar-refractivity contribution in [3.05, 3.63) is 71.0 Å². The first kappa shape index (κ1) is 20.2. The molecule has 0 unspecified atom stereocenters. The molecule has 2 aromatic carbocycles. The third kappa shape index (κ3) is 5.06. The third-order valence-corrected chi connectivity index (χ3v) is 4.96. The SMILES string of the molecule is CN(C)Cc1cccc(C=CC(=O)c2c(F)cccc2N2CCN(C)CC2)c1. The summed E-state index contributed by atoms with van der Waals surface area (Å²) in [6, 6.07) is 12.9. The van der Waals surface area contributed by atoms with E-state index in [9.17, 15) is 9.18 Å². The number of halogens is 1. The van der Waals surface area contributed by atoms with Crippen molar-refractivity contribution in [1.29, 1.82) is 0 Å². The van der Waals surface area contributed by atoms with Crippen LogP contribution in [0.3, 0.4) is 0 Å². The van der Waals surface area contributed by atoms with Crippen LogP contribution >= 0.6 is 0 Å². The smallest absolute Gasteiger partial charge is 0.190 e. The van der Waals surface area contributed by atoms with Gasteiger partial charge in [-0.1, -0.05) is 36.4 Å². The van der Waals surface area contributed by atoms with E-state index in [0.29, 0.717) is 5.69 Å². The lowest BCUT2D eigenvalue weighted by Gasteiger charge is -2.35. The number of nitrogens with zero attached hydrogens (tertiary/aromatic N) is 3. The van der Waals surface area contributed by atoms with Gasteiger partial charge in [-0.25, -0.2) is 4.39 Å². The van der Waals surface area contributed by atoms with Crippen LogP contribution in [0.1, 0.15) is 21.5 Å². The van der Waals surface area contributed by atoms with Gasteiger partial charge >= 0.3 is 0 Å². The maximum absolute atomic E-state index is 14.6. The molecule has 0 amide bonds. The molecule has 2 aromatic rings. The Bertz CT molecular complexity index is 855. The highest BCUT2D eigenvalue weighted by Gasteiger charge is 2.21. The molecule has 0 atom stereocenters. The Kier molecular flexibility index (Phi) is 6.60. The molecule has 28 heavy (non-hydrogen) atoms. The zero-order chi connectivity index (χ0) is 20.1. The van der Waals surface area contributed by atoms with E-state index in [2.05, 4.69) is 27.8 Å². The minimum atomic E-state index is -0.465. The summed E-state index contributed by atoms with van der Waals surface area (Å²) < 4.78 is 14.6. The fourth-order valence-electron chi connectivity index (χ4n) is 3.48. The van der Waals surface area contributed by atoms with Crippen molar-refractivity contribution in [3.8, 4) is 0 Å². The Hall–Kier alpha value is -2.50. The van der Waals surface area contributed by atoms with E-state index in [0.717, 1.165) is 38.3 Å². The molecule has 1 fully saturated rings. The highest BCUT2D eigenvalue weighted by Crippen LogP contribution is 2.25. The molecule has 0 aliphatic carbocycles. The predicted molar refractivity (Wildman–Crippen MR) is 113 cm³/mol. The Labute approximate surface area is 166 Å². The molecule has 3 rings (SSSR count). The molecule has 1 saturated heterocycles. The Morgan fingerprint density at radius 3 is 2.54 bits per heavy atom. The standard InChI is InChI=1S/C23H28FN3O/c1-25(2)17-19-7-4-6-18(16-19)10-11-22(28)23-20(24)8-5-9-21(23)27-14-12-26(3)13-15-27/h4-11,16H,12-15,17H2,1-3H3. The van der Waals surface area contributed by atoms with Gasteiger partial charge in [-0.15, -0.1) is 0 Å². The van der Waals surface area contributed by atoms with Gasteiger partial charge in [0.25, 0.3) is 0 Å². The predicted octanol–water partition coefficient (Wildman–Crippen LogP) is 3.54. The molecular formula is C23H28FN3O. The molecule has 0 saturated carbocycles. The molecule has 0 spiro atoms. The van der Waals surface area contributed by atoms with Crippen LogP contribution in [0.2, 0.25) is 0 Å². The van der Waals surface area contributed by atoms with Gasteiger partial charge in [0.05, 0.1) is 11.3 Å². The lowest BCUT2D eigenvalue weighted by molar-refractivity contribution is 0.104. The Morgan fingerprint density at radius 2 is 1.82 bits per heavy atom. The lowest BCUT2D eigenvalue weighted by atomic mass is 10.0. The first-order valence-corrected chi connectivity index (χ1v) is 9.62. The van der Waals surface area contributed by atoms with Crippen LogP contribution in [-0.4, -0.2) is 62.9 Å². The van der Waals surface area contributed by atoms with Crippen molar-refractivity contribution in [2.24, 2.45) is 0 Å². The van der Waals surface area contributed by atoms with E-state index in [-0.39, 0.29) is 11.3 Å². The fraction of sp³-hybridized carbons (Fsp3) is 0.348. The second-order valence-corrected chi connectivity index (χ2v) is 7.60. The minimum absolute atomic E-state index is 0.160. The summed E-state index contributed by atoms with van der Waals surface area (Å²) in [7, 11) is 6.11. The van der Waals surface area contributed by atoms with Crippen LogP contribution < -0.4 is 4.90 Å². The van der Waals surface area contributed by atoms with E-state index in [4.69, 9.17) is 0 Å². The average molecular weight is 381 g/mol. The number of benzene rings is 2. The van der Waals surface area contributed by atoms with Crippen molar-refractivity contribution in [2.75, 3.05) is 52.2 Å². The number of hydrogen-bond acceptors (Lipinski definition) is 4. The zero-order valence-electron chi connectivity index (χ0n) is 16.9.